The van der Waals surface area contributed by atoms with Crippen LogP contribution in [0.5, 0.6) is 17.4 Å². The minimum Gasteiger partial charge on any atom is -0.493 e. The fraction of sp³-hybridized carbons (Fsp3) is 0.333. The maximum absolute atomic E-state index is 14.4. The molecule has 0 aliphatic carbocycles. The topological polar surface area (TPSA) is 114 Å². The molecule has 0 unspecified atom stereocenters. The molecule has 0 saturated carbocycles. The van der Waals surface area contributed by atoms with Crippen molar-refractivity contribution >= 4 is 34.9 Å². The number of ether oxygens (including phenoxy) is 3. The quantitative estimate of drug-likeness (QED) is 0.144. The van der Waals surface area contributed by atoms with Gasteiger partial charge < -0.3 is 24.4 Å². The lowest BCUT2D eigenvalue weighted by molar-refractivity contribution is 0.0571. The Morgan fingerprint density at radius 1 is 0.917 bits per heavy atom. The van der Waals surface area contributed by atoms with Crippen LogP contribution in [-0.2, 0) is 0 Å². The van der Waals surface area contributed by atoms with Gasteiger partial charge in [-0.1, -0.05) is 42.5 Å². The summed E-state index contributed by atoms with van der Waals surface area (Å²) >= 11 is 1.33. The molecule has 12 heteroatoms. The Balaban J connectivity index is 1.21. The van der Waals surface area contributed by atoms with Gasteiger partial charge in [-0.25, -0.2) is 9.78 Å². The maximum atomic E-state index is 14.4. The standard InChI is InChI=1S/C36H39N5O6S/c1-24(25-9-5-4-6-10-25)39-17-19-40(20-18-39)29-12-7-11-27-33(29)35(43)41(34(27)42)28(26-14-15-30(45-2)31(21-26)46-3)13-8-16-37-36(44)47-32-22-48-23-38-32/h4-7,9-12,14-15,21-24,28H,8,13,16-20H2,1-3H3,(H,37,44)/t24-,28-/m1/s1. The van der Waals surface area contributed by atoms with Gasteiger partial charge in [0.15, 0.2) is 11.5 Å². The van der Waals surface area contributed by atoms with E-state index in [0.29, 0.717) is 35.5 Å². The van der Waals surface area contributed by atoms with E-state index in [4.69, 9.17) is 14.2 Å². The number of methoxy groups -OCH3 is 2. The molecule has 1 fully saturated rings. The van der Waals surface area contributed by atoms with Gasteiger partial charge in [-0.3, -0.25) is 19.4 Å². The van der Waals surface area contributed by atoms with Gasteiger partial charge in [-0.15, -0.1) is 11.3 Å². The minimum absolute atomic E-state index is 0.231. The molecule has 3 aromatic carbocycles. The first-order chi connectivity index (χ1) is 23.4. The van der Waals surface area contributed by atoms with Crippen LogP contribution in [0.15, 0.2) is 77.6 Å². The fourth-order valence-corrected chi connectivity index (χ4v) is 6.95. The monoisotopic (exact) mass is 669 g/mol. The highest BCUT2D eigenvalue weighted by atomic mass is 32.1. The normalized spacial score (nSPS) is 16.0. The Morgan fingerprint density at radius 2 is 1.69 bits per heavy atom. The Labute approximate surface area is 284 Å². The van der Waals surface area contributed by atoms with E-state index in [1.54, 1.807) is 43.3 Å². The van der Waals surface area contributed by atoms with Crippen LogP contribution >= 0.6 is 11.3 Å². The molecule has 6 rings (SSSR count). The summed E-state index contributed by atoms with van der Waals surface area (Å²) in [5.74, 6) is 0.585. The van der Waals surface area contributed by atoms with Crippen molar-refractivity contribution in [3.63, 3.8) is 0 Å². The molecule has 48 heavy (non-hydrogen) atoms. The molecule has 3 heterocycles. The average Bonchev–Trinajstić information content (AvgIpc) is 3.73. The van der Waals surface area contributed by atoms with Gasteiger partial charge in [0.05, 0.1) is 48.0 Å². The molecule has 0 bridgehead atoms. The summed E-state index contributed by atoms with van der Waals surface area (Å²) < 4.78 is 16.2. The van der Waals surface area contributed by atoms with Crippen molar-refractivity contribution in [1.29, 1.82) is 0 Å². The van der Waals surface area contributed by atoms with E-state index in [2.05, 4.69) is 51.3 Å². The number of aromatic nitrogens is 1. The highest BCUT2D eigenvalue weighted by molar-refractivity contribution is 7.07. The number of nitrogens with zero attached hydrogens (tertiary/aromatic N) is 4. The van der Waals surface area contributed by atoms with Crippen LogP contribution in [0.4, 0.5) is 10.5 Å². The number of imide groups is 1. The number of piperazine rings is 1. The zero-order chi connectivity index (χ0) is 33.6. The SMILES string of the molecule is COc1ccc([C@@H](CCCNC(=O)Oc2cscn2)N2C(=O)c3cccc(N4CCN([C@H](C)c5ccccc5)CC4)c3C2=O)cc1OC. The first-order valence-electron chi connectivity index (χ1n) is 16.0. The Bertz CT molecular complexity index is 1740. The number of amides is 3. The van der Waals surface area contributed by atoms with E-state index in [-0.39, 0.29) is 30.3 Å². The Kier molecular flexibility index (Phi) is 10.2. The molecule has 0 spiro atoms. The van der Waals surface area contributed by atoms with Crippen molar-refractivity contribution in [2.24, 2.45) is 0 Å². The molecule has 11 nitrogen and oxygen atoms in total. The van der Waals surface area contributed by atoms with E-state index in [0.717, 1.165) is 37.4 Å². The highest BCUT2D eigenvalue weighted by Crippen LogP contribution is 2.40. The van der Waals surface area contributed by atoms with Crippen LogP contribution < -0.4 is 24.4 Å². The van der Waals surface area contributed by atoms with Crippen molar-refractivity contribution in [2.75, 3.05) is 51.8 Å². The van der Waals surface area contributed by atoms with E-state index in [1.165, 1.54) is 21.8 Å². The molecule has 4 aromatic rings. The van der Waals surface area contributed by atoms with Gasteiger partial charge >= 0.3 is 6.09 Å². The maximum Gasteiger partial charge on any atom is 0.413 e. The number of carbonyl (C=O) groups is 3. The zero-order valence-corrected chi connectivity index (χ0v) is 28.1. The smallest absolute Gasteiger partial charge is 0.413 e. The summed E-state index contributed by atoms with van der Waals surface area (Å²) in [5.41, 5.74) is 5.18. The molecule has 3 amide bonds. The molecular formula is C36H39N5O6S. The van der Waals surface area contributed by atoms with E-state index in [1.807, 2.05) is 24.3 Å². The second-order valence-corrected chi connectivity index (χ2v) is 12.4. The number of benzene rings is 3. The van der Waals surface area contributed by atoms with Crippen LogP contribution in [0, 0.1) is 0 Å². The third-order valence-corrected chi connectivity index (χ3v) is 9.61. The van der Waals surface area contributed by atoms with Crippen LogP contribution in [0.25, 0.3) is 0 Å². The first kappa shape index (κ1) is 33.0. The zero-order valence-electron chi connectivity index (χ0n) is 27.3. The molecule has 2 aliphatic rings. The lowest BCUT2D eigenvalue weighted by Crippen LogP contribution is -2.47. The van der Waals surface area contributed by atoms with Crippen LogP contribution in [-0.4, -0.2) is 79.6 Å². The van der Waals surface area contributed by atoms with Gasteiger partial charge in [0.25, 0.3) is 11.8 Å². The molecule has 250 valence electrons. The minimum atomic E-state index is -0.620. The van der Waals surface area contributed by atoms with Crippen molar-refractivity contribution in [3.05, 3.63) is 99.9 Å². The van der Waals surface area contributed by atoms with Crippen LogP contribution in [0.3, 0.4) is 0 Å². The largest absolute Gasteiger partial charge is 0.493 e. The van der Waals surface area contributed by atoms with Gasteiger partial charge in [0, 0.05) is 38.8 Å². The van der Waals surface area contributed by atoms with E-state index >= 15 is 0 Å². The third kappa shape index (κ3) is 6.85. The molecule has 1 saturated heterocycles. The second-order valence-electron chi connectivity index (χ2n) is 11.7. The number of fused-ring (bicyclic) bond motifs is 1. The molecule has 1 N–H and O–H groups in total. The number of anilines is 1. The summed E-state index contributed by atoms with van der Waals surface area (Å²) in [6.45, 7) is 5.62. The summed E-state index contributed by atoms with van der Waals surface area (Å²) in [4.78, 5) is 50.7. The van der Waals surface area contributed by atoms with Gasteiger partial charge in [0.1, 0.15) is 0 Å². The lowest BCUT2D eigenvalue weighted by atomic mass is 9.99. The second kappa shape index (κ2) is 14.9. The number of hydrogen-bond acceptors (Lipinski definition) is 10. The summed E-state index contributed by atoms with van der Waals surface area (Å²) in [5, 5.41) is 4.37. The number of rotatable bonds is 12. The molecule has 1 aromatic heterocycles. The first-order valence-corrected chi connectivity index (χ1v) is 16.9. The highest BCUT2D eigenvalue weighted by Gasteiger charge is 2.43. The average molecular weight is 670 g/mol. The number of carbonyl (C=O) groups excluding carboxylic acids is 3. The number of hydrogen-bond donors (Lipinski definition) is 1. The van der Waals surface area contributed by atoms with Gasteiger partial charge in [-0.05, 0) is 55.2 Å². The van der Waals surface area contributed by atoms with Crippen molar-refractivity contribution < 1.29 is 28.6 Å². The Morgan fingerprint density at radius 3 is 2.40 bits per heavy atom. The molecule has 0 radical (unpaired) electrons. The summed E-state index contributed by atoms with van der Waals surface area (Å²) in [6, 6.07) is 21.0. The predicted octanol–water partition coefficient (Wildman–Crippen LogP) is 5.95. The molecule has 2 atom stereocenters. The van der Waals surface area contributed by atoms with Gasteiger partial charge in [0.2, 0.25) is 5.88 Å². The van der Waals surface area contributed by atoms with Crippen LogP contribution in [0.1, 0.15) is 63.7 Å². The third-order valence-electron chi connectivity index (χ3n) is 9.04. The van der Waals surface area contributed by atoms with Crippen molar-refractivity contribution in [2.45, 2.75) is 31.8 Å². The van der Waals surface area contributed by atoms with Gasteiger partial charge in [-0.2, -0.15) is 0 Å². The lowest BCUT2D eigenvalue weighted by Gasteiger charge is -2.39. The number of thiazole rings is 1. The fourth-order valence-electron chi connectivity index (χ4n) is 6.50. The van der Waals surface area contributed by atoms with Crippen molar-refractivity contribution in [1.82, 2.24) is 20.1 Å². The van der Waals surface area contributed by atoms with E-state index < -0.39 is 12.1 Å². The number of nitrogens with one attached hydrogen (secondary N) is 1. The van der Waals surface area contributed by atoms with Crippen LogP contribution in [0.2, 0.25) is 0 Å². The summed E-state index contributed by atoms with van der Waals surface area (Å²) in [7, 11) is 3.10. The van der Waals surface area contributed by atoms with E-state index in [9.17, 15) is 14.4 Å². The molecule has 2 aliphatic heterocycles. The van der Waals surface area contributed by atoms with Crippen molar-refractivity contribution in [3.8, 4) is 17.4 Å². The Hall–Kier alpha value is -4.94. The summed E-state index contributed by atoms with van der Waals surface area (Å²) in [6.07, 6.45) is 0.239. The predicted molar refractivity (Wildman–Crippen MR) is 183 cm³/mol. The molecular weight excluding hydrogens is 630 g/mol.